The first kappa shape index (κ1) is 32.8. The van der Waals surface area contributed by atoms with E-state index in [1.807, 2.05) is 6.07 Å². The van der Waals surface area contributed by atoms with Crippen LogP contribution in [-0.2, 0) is 17.7 Å². The van der Waals surface area contributed by atoms with Gasteiger partial charge in [0.1, 0.15) is 17.1 Å². The SMILES string of the molecule is COC(=O)N(C)CC(=O)c1cc(C#N)cc(C)c1CC(=O)c1cc(Cn2nc(C(F)F)cc2C(F)F)nn1-c1ncccc1Cl. The highest BCUT2D eigenvalue weighted by Crippen LogP contribution is 2.27. The lowest BCUT2D eigenvalue weighted by Gasteiger charge is -2.17. The van der Waals surface area contributed by atoms with Crippen LogP contribution in [0.3, 0.4) is 0 Å². The molecule has 16 heteroatoms. The van der Waals surface area contributed by atoms with Gasteiger partial charge in [-0.3, -0.25) is 14.3 Å². The molecule has 0 radical (unpaired) electrons. The number of hydrogen-bond acceptors (Lipinski definition) is 8. The molecule has 3 aromatic heterocycles. The molecule has 45 heavy (non-hydrogen) atoms. The van der Waals surface area contributed by atoms with Gasteiger partial charge in [0, 0.05) is 25.2 Å². The maximum Gasteiger partial charge on any atom is 0.409 e. The zero-order valence-corrected chi connectivity index (χ0v) is 24.7. The molecule has 0 saturated heterocycles. The number of hydrogen-bond donors (Lipinski definition) is 0. The molecule has 4 rings (SSSR count). The maximum atomic E-state index is 13.9. The fourth-order valence-electron chi connectivity index (χ4n) is 4.55. The van der Waals surface area contributed by atoms with Crippen LogP contribution in [0.15, 0.2) is 42.6 Å². The van der Waals surface area contributed by atoms with Gasteiger partial charge in [-0.1, -0.05) is 11.6 Å². The summed E-state index contributed by atoms with van der Waals surface area (Å²) in [5.74, 6) is -1.16. The molecule has 0 saturated carbocycles. The van der Waals surface area contributed by atoms with Crippen LogP contribution in [0.4, 0.5) is 22.4 Å². The Bertz CT molecular complexity index is 1820. The molecule has 0 bridgehead atoms. The minimum absolute atomic E-state index is 0.00145. The summed E-state index contributed by atoms with van der Waals surface area (Å²) in [7, 11) is 2.49. The summed E-state index contributed by atoms with van der Waals surface area (Å²) < 4.78 is 60.1. The fraction of sp³-hybridized carbons (Fsp3) is 0.276. The monoisotopic (exact) mass is 645 g/mol. The summed E-state index contributed by atoms with van der Waals surface area (Å²) in [4.78, 5) is 44.2. The maximum absolute atomic E-state index is 13.9. The van der Waals surface area contributed by atoms with Crippen molar-refractivity contribution < 1.29 is 36.7 Å². The molecule has 11 nitrogen and oxygen atoms in total. The molecular weight excluding hydrogens is 622 g/mol. The number of alkyl halides is 4. The molecule has 1 aromatic carbocycles. The van der Waals surface area contributed by atoms with E-state index in [9.17, 15) is 37.2 Å². The summed E-state index contributed by atoms with van der Waals surface area (Å²) in [5, 5.41) is 17.5. The third kappa shape index (κ3) is 7.18. The second-order valence-corrected chi connectivity index (χ2v) is 10.2. The number of pyridine rings is 1. The molecule has 1 amide bonds. The Hall–Kier alpha value is -5.10. The summed E-state index contributed by atoms with van der Waals surface area (Å²) in [6, 6.07) is 9.63. The highest BCUT2D eigenvalue weighted by Gasteiger charge is 2.26. The summed E-state index contributed by atoms with van der Waals surface area (Å²) in [5.41, 5.74) is -0.855. The summed E-state index contributed by atoms with van der Waals surface area (Å²) in [6.45, 7) is 0.696. The van der Waals surface area contributed by atoms with E-state index in [1.54, 1.807) is 6.92 Å². The number of rotatable bonds is 11. The number of likely N-dealkylation sites (N-methyl/N-ethyl adjacent to an activating group) is 1. The van der Waals surface area contributed by atoms with Crippen molar-refractivity contribution in [3.63, 3.8) is 0 Å². The van der Waals surface area contributed by atoms with Crippen LogP contribution in [0, 0.1) is 18.3 Å². The van der Waals surface area contributed by atoms with Gasteiger partial charge >= 0.3 is 6.09 Å². The minimum Gasteiger partial charge on any atom is -0.453 e. The van der Waals surface area contributed by atoms with Crippen molar-refractivity contribution in [3.05, 3.63) is 92.6 Å². The van der Waals surface area contributed by atoms with Crippen molar-refractivity contribution in [2.75, 3.05) is 20.7 Å². The van der Waals surface area contributed by atoms with Crippen LogP contribution >= 0.6 is 11.6 Å². The van der Waals surface area contributed by atoms with E-state index in [-0.39, 0.29) is 38.9 Å². The van der Waals surface area contributed by atoms with E-state index >= 15 is 0 Å². The van der Waals surface area contributed by atoms with Gasteiger partial charge in [-0.2, -0.15) is 15.5 Å². The Labute approximate surface area is 258 Å². The van der Waals surface area contributed by atoms with Crippen LogP contribution < -0.4 is 0 Å². The average molecular weight is 646 g/mol. The molecule has 0 fully saturated rings. The van der Waals surface area contributed by atoms with Gasteiger partial charge in [0.2, 0.25) is 0 Å². The second kappa shape index (κ2) is 13.7. The fourth-order valence-corrected chi connectivity index (χ4v) is 4.75. The number of carbonyl (C=O) groups is 3. The van der Waals surface area contributed by atoms with Gasteiger partial charge in [-0.05, 0) is 54.4 Å². The van der Waals surface area contributed by atoms with E-state index < -0.39 is 61.4 Å². The lowest BCUT2D eigenvalue weighted by atomic mass is 9.91. The number of ketones is 2. The number of Topliss-reactive ketones (excluding diaryl/α,β-unsaturated/α-hetero) is 2. The van der Waals surface area contributed by atoms with Crippen LogP contribution in [0.25, 0.3) is 5.82 Å². The van der Waals surface area contributed by atoms with E-state index in [0.29, 0.717) is 16.3 Å². The van der Waals surface area contributed by atoms with Crippen molar-refractivity contribution in [3.8, 4) is 11.9 Å². The largest absolute Gasteiger partial charge is 0.453 e. The predicted octanol–water partition coefficient (Wildman–Crippen LogP) is 5.53. The van der Waals surface area contributed by atoms with E-state index in [1.165, 1.54) is 43.6 Å². The number of aromatic nitrogens is 5. The molecule has 0 aliphatic carbocycles. The number of ether oxygens (including phenoxy) is 1. The summed E-state index contributed by atoms with van der Waals surface area (Å²) in [6.07, 6.45) is -5.99. The zero-order chi connectivity index (χ0) is 33.0. The predicted molar refractivity (Wildman–Crippen MR) is 151 cm³/mol. The number of methoxy groups -OCH3 is 1. The van der Waals surface area contributed by atoms with Gasteiger partial charge in [0.25, 0.3) is 12.9 Å². The van der Waals surface area contributed by atoms with Crippen molar-refractivity contribution >= 4 is 29.3 Å². The first-order chi connectivity index (χ1) is 21.3. The Morgan fingerprint density at radius 3 is 2.44 bits per heavy atom. The lowest BCUT2D eigenvalue weighted by molar-refractivity contribution is 0.0908. The van der Waals surface area contributed by atoms with Crippen LogP contribution in [-0.4, -0.2) is 67.8 Å². The van der Waals surface area contributed by atoms with Crippen molar-refractivity contribution in [1.82, 2.24) is 29.4 Å². The lowest BCUT2D eigenvalue weighted by Crippen LogP contribution is -2.32. The molecule has 234 valence electrons. The number of amides is 1. The molecule has 0 spiro atoms. The zero-order valence-electron chi connectivity index (χ0n) is 24.0. The van der Waals surface area contributed by atoms with Gasteiger partial charge in [0.15, 0.2) is 17.4 Å². The number of carbonyl (C=O) groups excluding carboxylic acids is 3. The molecule has 0 atom stereocenters. The van der Waals surface area contributed by atoms with Crippen LogP contribution in [0.2, 0.25) is 5.02 Å². The number of benzene rings is 1. The third-order valence-electron chi connectivity index (χ3n) is 6.68. The van der Waals surface area contributed by atoms with E-state index in [0.717, 1.165) is 16.7 Å². The number of nitriles is 1. The van der Waals surface area contributed by atoms with E-state index in [4.69, 9.17) is 11.6 Å². The Morgan fingerprint density at radius 2 is 1.82 bits per heavy atom. The molecule has 0 aliphatic heterocycles. The normalized spacial score (nSPS) is 11.1. The Balaban J connectivity index is 1.78. The molecule has 4 aromatic rings. The number of aryl methyl sites for hydroxylation is 1. The Morgan fingerprint density at radius 1 is 1.09 bits per heavy atom. The molecule has 0 unspecified atom stereocenters. The smallest absolute Gasteiger partial charge is 0.409 e. The summed E-state index contributed by atoms with van der Waals surface area (Å²) >= 11 is 6.33. The topological polar surface area (TPSA) is 136 Å². The highest BCUT2D eigenvalue weighted by atomic mass is 35.5. The quantitative estimate of drug-likeness (QED) is 0.154. The van der Waals surface area contributed by atoms with Crippen LogP contribution in [0.1, 0.15) is 67.5 Å². The Kier molecular flexibility index (Phi) is 9.98. The molecular formula is C29H24ClF4N7O4. The molecule has 0 aliphatic rings. The molecule has 0 N–H and O–H groups in total. The van der Waals surface area contributed by atoms with Crippen molar-refractivity contribution in [2.45, 2.75) is 32.7 Å². The average Bonchev–Trinajstić information content (AvgIpc) is 3.62. The highest BCUT2D eigenvalue weighted by molar-refractivity contribution is 6.32. The first-order valence-corrected chi connectivity index (χ1v) is 13.4. The third-order valence-corrected chi connectivity index (χ3v) is 6.98. The molecule has 3 heterocycles. The number of halogens is 5. The van der Waals surface area contributed by atoms with Gasteiger partial charge in [-0.15, -0.1) is 0 Å². The van der Waals surface area contributed by atoms with Crippen LogP contribution in [0.5, 0.6) is 0 Å². The van der Waals surface area contributed by atoms with Gasteiger partial charge < -0.3 is 9.64 Å². The van der Waals surface area contributed by atoms with Gasteiger partial charge in [-0.25, -0.2) is 32.0 Å². The first-order valence-electron chi connectivity index (χ1n) is 13.1. The minimum atomic E-state index is -3.12. The number of nitrogens with zero attached hydrogens (tertiary/aromatic N) is 7. The van der Waals surface area contributed by atoms with E-state index in [2.05, 4.69) is 19.9 Å². The van der Waals surface area contributed by atoms with Crippen molar-refractivity contribution in [1.29, 1.82) is 5.26 Å². The van der Waals surface area contributed by atoms with Gasteiger partial charge in [0.05, 0.1) is 42.5 Å². The standard InChI is InChI=1S/C29H24ClF4N7O4/c1-15-7-16(12-35)8-19(25(43)14-39(2)29(44)45-3)18(15)10-24(42)22-9-17(37-41(22)28-20(30)5-4-6-36-28)13-40-23(27(33)34)11-21(38-40)26(31)32/h4-9,11,26-27H,10,13-14H2,1-3H3. The van der Waals surface area contributed by atoms with Crippen molar-refractivity contribution in [2.24, 2.45) is 0 Å². The second-order valence-electron chi connectivity index (χ2n) is 9.77.